The van der Waals surface area contributed by atoms with Gasteiger partial charge in [0, 0.05) is 30.5 Å². The van der Waals surface area contributed by atoms with Crippen molar-refractivity contribution < 1.29 is 4.79 Å². The van der Waals surface area contributed by atoms with Crippen molar-refractivity contribution in [2.75, 3.05) is 19.6 Å². The first-order valence-corrected chi connectivity index (χ1v) is 8.83. The lowest BCUT2D eigenvalue weighted by molar-refractivity contribution is -0.130. The lowest BCUT2D eigenvalue weighted by atomic mass is 9.81. The van der Waals surface area contributed by atoms with Crippen LogP contribution in [0.4, 0.5) is 0 Å². The Bertz CT molecular complexity index is 715. The van der Waals surface area contributed by atoms with Gasteiger partial charge in [-0.1, -0.05) is 44.2 Å². The van der Waals surface area contributed by atoms with Gasteiger partial charge in [0.25, 0.3) is 0 Å². The van der Waals surface area contributed by atoms with Gasteiger partial charge in [-0.15, -0.1) is 10.2 Å². The first-order valence-electron chi connectivity index (χ1n) is 8.83. The van der Waals surface area contributed by atoms with E-state index in [1.165, 1.54) is 0 Å². The minimum absolute atomic E-state index is 0.0354. The number of likely N-dealkylation sites (tertiary alicyclic amines) is 1. The lowest BCUT2D eigenvalue weighted by Gasteiger charge is -2.25. The van der Waals surface area contributed by atoms with Gasteiger partial charge in [0.1, 0.15) is 0 Å². The monoisotopic (exact) mass is 342 g/mol. The number of nitrogens with zero attached hydrogens (tertiary/aromatic N) is 5. The van der Waals surface area contributed by atoms with Crippen molar-refractivity contribution in [2.45, 2.75) is 33.2 Å². The molecule has 2 aromatic rings. The zero-order valence-electron chi connectivity index (χ0n) is 14.9. The summed E-state index contributed by atoms with van der Waals surface area (Å²) in [5, 5.41) is 12.5. The summed E-state index contributed by atoms with van der Waals surface area (Å²) in [6.45, 7) is 7.08. The quantitative estimate of drug-likeness (QED) is 0.860. The molecule has 1 aromatic heterocycles. The van der Waals surface area contributed by atoms with Gasteiger partial charge < -0.3 is 10.6 Å². The van der Waals surface area contributed by atoms with Crippen molar-refractivity contribution in [1.82, 2.24) is 25.1 Å². The van der Waals surface area contributed by atoms with E-state index in [0.717, 1.165) is 18.7 Å². The molecule has 7 heteroatoms. The number of tetrazole rings is 1. The highest BCUT2D eigenvalue weighted by Crippen LogP contribution is 2.34. The second kappa shape index (κ2) is 7.31. The van der Waals surface area contributed by atoms with Crippen LogP contribution in [0.1, 0.15) is 26.7 Å². The fourth-order valence-electron chi connectivity index (χ4n) is 3.23. The summed E-state index contributed by atoms with van der Waals surface area (Å²) in [6.07, 6.45) is 1.20. The topological polar surface area (TPSA) is 89.9 Å². The SMILES string of the molecule is C[C@@H]1CN(C(=O)CCCn2nnc(-c3ccccc3)n2)C[C@@]1(C)CN. The van der Waals surface area contributed by atoms with E-state index in [2.05, 4.69) is 29.3 Å². The molecule has 0 aliphatic carbocycles. The number of aryl methyl sites for hydroxylation is 1. The van der Waals surface area contributed by atoms with Crippen LogP contribution in [-0.2, 0) is 11.3 Å². The summed E-state index contributed by atoms with van der Waals surface area (Å²) in [5.41, 5.74) is 6.86. The molecule has 0 saturated carbocycles. The molecule has 1 amide bonds. The van der Waals surface area contributed by atoms with Gasteiger partial charge in [-0.05, 0) is 24.1 Å². The fraction of sp³-hybridized carbons (Fsp3) is 0.556. The van der Waals surface area contributed by atoms with Crippen LogP contribution in [0.25, 0.3) is 11.4 Å². The standard InChI is InChI=1S/C18H26N6O/c1-14-11-23(13-18(14,2)12-19)16(25)9-6-10-24-21-17(20-22-24)15-7-4-3-5-8-15/h3-5,7-8,14H,6,9-13,19H2,1-2H3/t14-,18-/m1/s1. The second-order valence-electron chi connectivity index (χ2n) is 7.21. The highest BCUT2D eigenvalue weighted by Gasteiger charge is 2.40. The second-order valence-corrected chi connectivity index (χ2v) is 7.21. The molecule has 0 unspecified atom stereocenters. The summed E-state index contributed by atoms with van der Waals surface area (Å²) >= 11 is 0. The Morgan fingerprint density at radius 2 is 2.12 bits per heavy atom. The van der Waals surface area contributed by atoms with Crippen molar-refractivity contribution in [1.29, 1.82) is 0 Å². The van der Waals surface area contributed by atoms with Crippen molar-refractivity contribution in [3.05, 3.63) is 30.3 Å². The minimum atomic E-state index is 0.0354. The Kier molecular flexibility index (Phi) is 5.13. The Labute approximate surface area is 148 Å². The van der Waals surface area contributed by atoms with Gasteiger partial charge in [-0.3, -0.25) is 4.79 Å². The highest BCUT2D eigenvalue weighted by molar-refractivity contribution is 5.76. The number of carbonyl (C=O) groups excluding carboxylic acids is 1. The molecule has 1 saturated heterocycles. The predicted molar refractivity (Wildman–Crippen MR) is 95.4 cm³/mol. The van der Waals surface area contributed by atoms with Gasteiger partial charge >= 0.3 is 0 Å². The number of benzene rings is 1. The zero-order chi connectivity index (χ0) is 17.9. The molecule has 1 aromatic carbocycles. The molecule has 2 N–H and O–H groups in total. The molecule has 25 heavy (non-hydrogen) atoms. The molecular formula is C18H26N6O. The zero-order valence-corrected chi connectivity index (χ0v) is 14.9. The summed E-state index contributed by atoms with van der Waals surface area (Å²) in [6, 6.07) is 9.75. The molecule has 2 heterocycles. The molecule has 2 atom stereocenters. The predicted octanol–water partition coefficient (Wildman–Crippen LogP) is 1.56. The maximum atomic E-state index is 12.4. The molecule has 1 fully saturated rings. The van der Waals surface area contributed by atoms with Crippen LogP contribution in [0.3, 0.4) is 0 Å². The van der Waals surface area contributed by atoms with Crippen LogP contribution in [-0.4, -0.2) is 50.6 Å². The van der Waals surface area contributed by atoms with Crippen LogP contribution in [0, 0.1) is 11.3 Å². The number of rotatable bonds is 6. The van der Waals surface area contributed by atoms with E-state index in [0.29, 0.717) is 37.7 Å². The number of hydrogen-bond acceptors (Lipinski definition) is 5. The highest BCUT2D eigenvalue weighted by atomic mass is 16.2. The number of carbonyl (C=O) groups is 1. The Hall–Kier alpha value is -2.28. The van der Waals surface area contributed by atoms with Gasteiger partial charge in [0.15, 0.2) is 0 Å². The van der Waals surface area contributed by atoms with E-state index in [-0.39, 0.29) is 11.3 Å². The molecule has 0 radical (unpaired) electrons. The van der Waals surface area contributed by atoms with E-state index >= 15 is 0 Å². The van der Waals surface area contributed by atoms with Crippen molar-refractivity contribution >= 4 is 5.91 Å². The van der Waals surface area contributed by atoms with Crippen molar-refractivity contribution in [2.24, 2.45) is 17.1 Å². The summed E-state index contributed by atoms with van der Waals surface area (Å²) in [4.78, 5) is 15.9. The molecule has 3 rings (SSSR count). The third-order valence-corrected chi connectivity index (χ3v) is 5.29. The molecule has 0 spiro atoms. The summed E-state index contributed by atoms with van der Waals surface area (Å²) < 4.78 is 0. The van der Waals surface area contributed by atoms with Gasteiger partial charge in [-0.25, -0.2) is 0 Å². The third-order valence-electron chi connectivity index (χ3n) is 5.29. The van der Waals surface area contributed by atoms with Crippen LogP contribution in [0.2, 0.25) is 0 Å². The lowest BCUT2D eigenvalue weighted by Crippen LogP contribution is -2.35. The number of nitrogens with two attached hydrogens (primary N) is 1. The average molecular weight is 342 g/mol. The minimum Gasteiger partial charge on any atom is -0.342 e. The maximum absolute atomic E-state index is 12.4. The van der Waals surface area contributed by atoms with Crippen LogP contribution < -0.4 is 5.73 Å². The first-order chi connectivity index (χ1) is 12.0. The summed E-state index contributed by atoms with van der Waals surface area (Å²) in [7, 11) is 0. The number of hydrogen-bond donors (Lipinski definition) is 1. The normalized spacial score (nSPS) is 23.2. The van der Waals surface area contributed by atoms with E-state index in [1.807, 2.05) is 35.2 Å². The first kappa shape index (κ1) is 17.5. The average Bonchev–Trinajstić information content (AvgIpc) is 3.21. The fourth-order valence-corrected chi connectivity index (χ4v) is 3.23. The molecule has 0 bridgehead atoms. The van der Waals surface area contributed by atoms with Gasteiger partial charge in [-0.2, -0.15) is 4.80 Å². The van der Waals surface area contributed by atoms with Crippen molar-refractivity contribution in [3.63, 3.8) is 0 Å². The van der Waals surface area contributed by atoms with E-state index < -0.39 is 0 Å². The third kappa shape index (κ3) is 3.87. The molecule has 134 valence electrons. The van der Waals surface area contributed by atoms with Crippen LogP contribution in [0.5, 0.6) is 0 Å². The van der Waals surface area contributed by atoms with Crippen LogP contribution in [0.15, 0.2) is 30.3 Å². The van der Waals surface area contributed by atoms with E-state index in [1.54, 1.807) is 4.80 Å². The molecule has 1 aliphatic rings. The number of amides is 1. The largest absolute Gasteiger partial charge is 0.342 e. The molecule has 7 nitrogen and oxygen atoms in total. The van der Waals surface area contributed by atoms with Gasteiger partial charge in [0.05, 0.1) is 6.54 Å². The number of aromatic nitrogens is 4. The van der Waals surface area contributed by atoms with Gasteiger partial charge in [0.2, 0.25) is 11.7 Å². The van der Waals surface area contributed by atoms with Crippen LogP contribution >= 0.6 is 0 Å². The Morgan fingerprint density at radius 3 is 2.80 bits per heavy atom. The molecular weight excluding hydrogens is 316 g/mol. The van der Waals surface area contributed by atoms with E-state index in [4.69, 9.17) is 5.73 Å². The van der Waals surface area contributed by atoms with Crippen molar-refractivity contribution in [3.8, 4) is 11.4 Å². The summed E-state index contributed by atoms with van der Waals surface area (Å²) in [5.74, 6) is 1.23. The van der Waals surface area contributed by atoms with E-state index in [9.17, 15) is 4.79 Å². The Morgan fingerprint density at radius 1 is 1.36 bits per heavy atom. The maximum Gasteiger partial charge on any atom is 0.222 e. The smallest absolute Gasteiger partial charge is 0.222 e. The Balaban J connectivity index is 1.49. The molecule has 1 aliphatic heterocycles.